The SMILES string of the molecule is Cc1ncc(CO)c(C2CCCN(C(=O)C3(c4ccccc4)CCCC3)C2)n1. The first-order valence-corrected chi connectivity index (χ1v) is 10.4. The van der Waals surface area contributed by atoms with E-state index < -0.39 is 0 Å². The average molecular weight is 380 g/mol. The van der Waals surface area contributed by atoms with Gasteiger partial charge in [-0.15, -0.1) is 0 Å². The quantitative estimate of drug-likeness (QED) is 0.883. The summed E-state index contributed by atoms with van der Waals surface area (Å²) in [5.41, 5.74) is 2.48. The van der Waals surface area contributed by atoms with Gasteiger partial charge in [-0.05, 0) is 38.2 Å². The third-order valence-electron chi connectivity index (χ3n) is 6.48. The molecular formula is C23H29N3O2. The first-order valence-electron chi connectivity index (χ1n) is 10.4. The molecule has 2 aliphatic rings. The van der Waals surface area contributed by atoms with Crippen LogP contribution in [0.15, 0.2) is 36.5 Å². The smallest absolute Gasteiger partial charge is 0.233 e. The molecular weight excluding hydrogens is 350 g/mol. The predicted molar refractivity (Wildman–Crippen MR) is 108 cm³/mol. The second kappa shape index (κ2) is 8.00. The highest BCUT2D eigenvalue weighted by Gasteiger charge is 2.45. The van der Waals surface area contributed by atoms with Gasteiger partial charge in [-0.3, -0.25) is 4.79 Å². The molecule has 1 saturated heterocycles. The summed E-state index contributed by atoms with van der Waals surface area (Å²) in [6.45, 7) is 3.30. The summed E-state index contributed by atoms with van der Waals surface area (Å²) in [5.74, 6) is 1.15. The highest BCUT2D eigenvalue weighted by molar-refractivity contribution is 5.88. The molecule has 1 aromatic carbocycles. The molecule has 4 rings (SSSR count). The topological polar surface area (TPSA) is 66.3 Å². The van der Waals surface area contributed by atoms with Crippen LogP contribution in [0.4, 0.5) is 0 Å². The summed E-state index contributed by atoms with van der Waals surface area (Å²) in [4.78, 5) is 24.7. The number of nitrogens with zero attached hydrogens (tertiary/aromatic N) is 3. The number of likely N-dealkylation sites (tertiary alicyclic amines) is 1. The summed E-state index contributed by atoms with van der Waals surface area (Å²) in [5, 5.41) is 9.72. The molecule has 1 atom stereocenters. The average Bonchev–Trinajstić information content (AvgIpc) is 3.25. The first-order chi connectivity index (χ1) is 13.6. The Morgan fingerprint density at radius 3 is 2.68 bits per heavy atom. The van der Waals surface area contributed by atoms with E-state index in [0.717, 1.165) is 61.9 Å². The monoisotopic (exact) mass is 379 g/mol. The van der Waals surface area contributed by atoms with Crippen molar-refractivity contribution in [1.82, 2.24) is 14.9 Å². The third kappa shape index (κ3) is 3.44. The molecule has 5 nitrogen and oxygen atoms in total. The Labute approximate surface area is 166 Å². The minimum absolute atomic E-state index is 0.0615. The number of benzene rings is 1. The van der Waals surface area contributed by atoms with Crippen LogP contribution in [0, 0.1) is 6.92 Å². The zero-order valence-corrected chi connectivity index (χ0v) is 16.6. The van der Waals surface area contributed by atoms with Gasteiger partial charge < -0.3 is 10.0 Å². The van der Waals surface area contributed by atoms with Gasteiger partial charge in [0, 0.05) is 30.8 Å². The van der Waals surface area contributed by atoms with E-state index in [2.05, 4.69) is 27.0 Å². The van der Waals surface area contributed by atoms with Crippen LogP contribution in [-0.4, -0.2) is 39.0 Å². The number of aromatic nitrogens is 2. The molecule has 0 radical (unpaired) electrons. The first kappa shape index (κ1) is 19.1. The number of hydrogen-bond acceptors (Lipinski definition) is 4. The molecule has 1 unspecified atom stereocenters. The van der Waals surface area contributed by atoms with Crippen molar-refractivity contribution in [3.8, 4) is 0 Å². The maximum absolute atomic E-state index is 13.8. The van der Waals surface area contributed by atoms with Crippen molar-refractivity contribution in [2.24, 2.45) is 0 Å². The van der Waals surface area contributed by atoms with Crippen molar-refractivity contribution < 1.29 is 9.90 Å². The molecule has 0 spiro atoms. The van der Waals surface area contributed by atoms with E-state index in [0.29, 0.717) is 12.4 Å². The van der Waals surface area contributed by atoms with E-state index in [1.807, 2.05) is 25.1 Å². The minimum Gasteiger partial charge on any atom is -0.392 e. The van der Waals surface area contributed by atoms with Gasteiger partial charge in [-0.2, -0.15) is 0 Å². The van der Waals surface area contributed by atoms with Crippen LogP contribution < -0.4 is 0 Å². The van der Waals surface area contributed by atoms with Crippen molar-refractivity contribution in [3.63, 3.8) is 0 Å². The van der Waals surface area contributed by atoms with Gasteiger partial charge in [0.1, 0.15) is 5.82 Å². The van der Waals surface area contributed by atoms with Gasteiger partial charge in [0.15, 0.2) is 0 Å². The maximum atomic E-state index is 13.8. The molecule has 0 bridgehead atoms. The Morgan fingerprint density at radius 1 is 1.21 bits per heavy atom. The molecule has 1 amide bonds. The second-order valence-corrected chi connectivity index (χ2v) is 8.23. The van der Waals surface area contributed by atoms with E-state index in [9.17, 15) is 9.90 Å². The highest BCUT2D eigenvalue weighted by atomic mass is 16.3. The Bertz CT molecular complexity index is 831. The molecule has 1 aromatic heterocycles. The Morgan fingerprint density at radius 2 is 1.96 bits per heavy atom. The van der Waals surface area contributed by atoms with Crippen LogP contribution in [0.25, 0.3) is 0 Å². The molecule has 148 valence electrons. The second-order valence-electron chi connectivity index (χ2n) is 8.23. The van der Waals surface area contributed by atoms with Crippen LogP contribution >= 0.6 is 0 Å². The van der Waals surface area contributed by atoms with Gasteiger partial charge in [-0.1, -0.05) is 43.2 Å². The molecule has 5 heteroatoms. The van der Waals surface area contributed by atoms with E-state index >= 15 is 0 Å². The fraction of sp³-hybridized carbons (Fsp3) is 0.522. The van der Waals surface area contributed by atoms with Crippen LogP contribution in [-0.2, 0) is 16.8 Å². The fourth-order valence-corrected chi connectivity index (χ4v) is 5.04. The Balaban J connectivity index is 1.61. The molecule has 1 aliphatic heterocycles. The standard InChI is InChI=1S/C23H29N3O2/c1-17-24-14-19(16-27)21(25-17)18-8-7-13-26(15-18)22(28)23(11-5-6-12-23)20-9-3-2-4-10-20/h2-4,9-10,14,18,27H,5-8,11-13,15-16H2,1H3. The summed E-state index contributed by atoms with van der Waals surface area (Å²) in [6.07, 6.45) is 7.77. The number of hydrogen-bond donors (Lipinski definition) is 1. The van der Waals surface area contributed by atoms with Gasteiger partial charge >= 0.3 is 0 Å². The van der Waals surface area contributed by atoms with Crippen LogP contribution in [0.2, 0.25) is 0 Å². The lowest BCUT2D eigenvalue weighted by molar-refractivity contribution is -0.138. The fourth-order valence-electron chi connectivity index (χ4n) is 5.04. The Hall–Kier alpha value is -2.27. The summed E-state index contributed by atoms with van der Waals surface area (Å²) < 4.78 is 0. The van der Waals surface area contributed by atoms with Gasteiger partial charge in [0.25, 0.3) is 0 Å². The molecule has 1 aliphatic carbocycles. The number of rotatable bonds is 4. The van der Waals surface area contributed by atoms with Crippen molar-refractivity contribution in [2.75, 3.05) is 13.1 Å². The lowest BCUT2D eigenvalue weighted by atomic mass is 9.77. The van der Waals surface area contributed by atoms with E-state index in [1.165, 1.54) is 0 Å². The summed E-state index contributed by atoms with van der Waals surface area (Å²) in [7, 11) is 0. The number of carbonyl (C=O) groups excluding carboxylic acids is 1. The van der Waals surface area contributed by atoms with Crippen molar-refractivity contribution in [1.29, 1.82) is 0 Å². The minimum atomic E-state index is -0.370. The largest absolute Gasteiger partial charge is 0.392 e. The van der Waals surface area contributed by atoms with Crippen molar-refractivity contribution in [2.45, 2.75) is 63.4 Å². The molecule has 2 aromatic rings. The number of aliphatic hydroxyl groups excluding tert-OH is 1. The lowest BCUT2D eigenvalue weighted by Crippen LogP contribution is -2.49. The van der Waals surface area contributed by atoms with Crippen molar-refractivity contribution in [3.05, 3.63) is 59.2 Å². The number of carbonyl (C=O) groups is 1. The summed E-state index contributed by atoms with van der Waals surface area (Å²) >= 11 is 0. The normalized spacial score (nSPS) is 21.6. The number of aliphatic hydroxyl groups is 1. The van der Waals surface area contributed by atoms with Gasteiger partial charge in [0.05, 0.1) is 17.7 Å². The maximum Gasteiger partial charge on any atom is 0.233 e. The zero-order chi connectivity index (χ0) is 19.6. The number of aryl methyl sites for hydroxylation is 1. The lowest BCUT2D eigenvalue weighted by Gasteiger charge is -2.39. The number of amides is 1. The molecule has 1 saturated carbocycles. The highest BCUT2D eigenvalue weighted by Crippen LogP contribution is 2.43. The van der Waals surface area contributed by atoms with E-state index in [4.69, 9.17) is 0 Å². The third-order valence-corrected chi connectivity index (χ3v) is 6.48. The van der Waals surface area contributed by atoms with Gasteiger partial charge in [0.2, 0.25) is 5.91 Å². The van der Waals surface area contributed by atoms with Gasteiger partial charge in [-0.25, -0.2) is 9.97 Å². The Kier molecular flexibility index (Phi) is 5.44. The zero-order valence-electron chi connectivity index (χ0n) is 16.6. The van der Waals surface area contributed by atoms with Crippen molar-refractivity contribution >= 4 is 5.91 Å². The van der Waals surface area contributed by atoms with E-state index in [1.54, 1.807) is 6.20 Å². The molecule has 1 N–H and O–H groups in total. The van der Waals surface area contributed by atoms with Crippen LogP contribution in [0.5, 0.6) is 0 Å². The van der Waals surface area contributed by atoms with E-state index in [-0.39, 0.29) is 23.8 Å². The van der Waals surface area contributed by atoms with Crippen LogP contribution in [0.1, 0.15) is 67.1 Å². The summed E-state index contributed by atoms with van der Waals surface area (Å²) in [6, 6.07) is 10.3. The van der Waals surface area contributed by atoms with Crippen LogP contribution in [0.3, 0.4) is 0 Å². The molecule has 28 heavy (non-hydrogen) atoms. The molecule has 2 heterocycles. The number of piperidine rings is 1. The molecule has 2 fully saturated rings. The predicted octanol–water partition coefficient (Wildman–Crippen LogP) is 3.50.